The summed E-state index contributed by atoms with van der Waals surface area (Å²) in [7, 11) is 0. The molecular formula is C18H18N2O2S. The van der Waals surface area contributed by atoms with Crippen LogP contribution in [0.25, 0.3) is 16.8 Å². The predicted molar refractivity (Wildman–Crippen MR) is 92.8 cm³/mol. The van der Waals surface area contributed by atoms with Crippen molar-refractivity contribution in [3.63, 3.8) is 0 Å². The van der Waals surface area contributed by atoms with Crippen LogP contribution >= 0.6 is 11.8 Å². The summed E-state index contributed by atoms with van der Waals surface area (Å²) >= 11 is 1.25. The quantitative estimate of drug-likeness (QED) is 0.842. The zero-order valence-corrected chi connectivity index (χ0v) is 13.7. The zero-order chi connectivity index (χ0) is 16.2. The highest BCUT2D eigenvalue weighted by Crippen LogP contribution is 2.36. The molecule has 0 aliphatic heterocycles. The van der Waals surface area contributed by atoms with Crippen LogP contribution in [0.2, 0.25) is 0 Å². The Morgan fingerprint density at radius 1 is 1.35 bits per heavy atom. The smallest absolute Gasteiger partial charge is 0.257 e. The van der Waals surface area contributed by atoms with Gasteiger partial charge in [-0.25, -0.2) is 4.98 Å². The van der Waals surface area contributed by atoms with E-state index in [1.807, 2.05) is 36.4 Å². The summed E-state index contributed by atoms with van der Waals surface area (Å²) in [6.45, 7) is 1.75. The van der Waals surface area contributed by atoms with Gasteiger partial charge in [-0.3, -0.25) is 4.79 Å². The third kappa shape index (κ3) is 3.56. The van der Waals surface area contributed by atoms with Crippen LogP contribution in [0.5, 0.6) is 0 Å². The first-order chi connectivity index (χ1) is 11.1. The number of nitrogens with zero attached hydrogens (tertiary/aromatic N) is 1. The molecular weight excluding hydrogens is 308 g/mol. The number of carbonyl (C=O) groups is 1. The monoisotopic (exact) mass is 326 g/mol. The summed E-state index contributed by atoms with van der Waals surface area (Å²) in [4.78, 5) is 15.9. The van der Waals surface area contributed by atoms with Gasteiger partial charge >= 0.3 is 0 Å². The maximum Gasteiger partial charge on any atom is 0.257 e. The Morgan fingerprint density at radius 2 is 2.13 bits per heavy atom. The van der Waals surface area contributed by atoms with E-state index in [4.69, 9.17) is 10.2 Å². The number of nitrogens with two attached hydrogens (primary N) is 1. The third-order valence-corrected chi connectivity index (χ3v) is 4.60. The van der Waals surface area contributed by atoms with Gasteiger partial charge in [-0.2, -0.15) is 0 Å². The fraction of sp³-hybridized carbons (Fsp3) is 0.222. The molecule has 3 rings (SSSR count). The lowest BCUT2D eigenvalue weighted by molar-refractivity contribution is -0.117. The van der Waals surface area contributed by atoms with Gasteiger partial charge in [-0.05, 0) is 25.3 Å². The van der Waals surface area contributed by atoms with Crippen LogP contribution in [0.1, 0.15) is 25.5 Å². The maximum atomic E-state index is 11.3. The fourth-order valence-corrected chi connectivity index (χ4v) is 3.06. The highest BCUT2D eigenvalue weighted by atomic mass is 32.2. The van der Waals surface area contributed by atoms with Crippen molar-refractivity contribution in [1.82, 2.24) is 4.98 Å². The standard InChI is InChI=1S/C18H18N2O2S/c1-12(17(19)21)23-18-20-15(13-8-4-2-5-9-13)16(22-18)14-10-6-3-7-11-14/h2-6,8-10,12H,7,11H2,1H3,(H2,19,21). The number of hydrogen-bond donors (Lipinski definition) is 1. The molecule has 23 heavy (non-hydrogen) atoms. The Kier molecular flexibility index (Phi) is 4.67. The summed E-state index contributed by atoms with van der Waals surface area (Å²) in [6, 6.07) is 9.93. The van der Waals surface area contributed by atoms with Crippen molar-refractivity contribution in [2.24, 2.45) is 5.73 Å². The number of benzene rings is 1. The maximum absolute atomic E-state index is 11.3. The van der Waals surface area contributed by atoms with E-state index in [-0.39, 0.29) is 11.2 Å². The molecule has 1 aromatic carbocycles. The Hall–Kier alpha value is -2.27. The SMILES string of the molecule is CC(Sc1nc(-c2ccccc2)c(C2=CC=CCC2)o1)C(N)=O. The minimum absolute atomic E-state index is 0.379. The van der Waals surface area contributed by atoms with E-state index in [1.54, 1.807) is 6.92 Å². The number of carbonyl (C=O) groups excluding carboxylic acids is 1. The van der Waals surface area contributed by atoms with Crippen LogP contribution in [-0.2, 0) is 4.79 Å². The molecule has 0 radical (unpaired) electrons. The van der Waals surface area contributed by atoms with Gasteiger partial charge in [0.05, 0.1) is 5.25 Å². The number of amides is 1. The van der Waals surface area contributed by atoms with Gasteiger partial charge in [-0.1, -0.05) is 60.3 Å². The molecule has 118 valence electrons. The molecule has 2 aromatic rings. The average Bonchev–Trinajstić information content (AvgIpc) is 3.00. The predicted octanol–water partition coefficient (Wildman–Crippen LogP) is 4.04. The summed E-state index contributed by atoms with van der Waals surface area (Å²) < 4.78 is 5.97. The van der Waals surface area contributed by atoms with Crippen molar-refractivity contribution >= 4 is 23.2 Å². The molecule has 4 nitrogen and oxygen atoms in total. The lowest BCUT2D eigenvalue weighted by Gasteiger charge is -2.07. The van der Waals surface area contributed by atoms with Gasteiger partial charge < -0.3 is 10.2 Å². The number of oxazole rings is 1. The van der Waals surface area contributed by atoms with Crippen molar-refractivity contribution in [2.75, 3.05) is 0 Å². The second-order valence-electron chi connectivity index (χ2n) is 5.34. The van der Waals surface area contributed by atoms with E-state index in [9.17, 15) is 4.79 Å². The summed E-state index contributed by atoms with van der Waals surface area (Å²) in [5.74, 6) is 0.399. The largest absolute Gasteiger partial charge is 0.431 e. The molecule has 2 N–H and O–H groups in total. The molecule has 0 saturated carbocycles. The first kappa shape index (κ1) is 15.6. The molecule has 5 heteroatoms. The molecule has 0 spiro atoms. The zero-order valence-electron chi connectivity index (χ0n) is 12.9. The molecule has 1 heterocycles. The van der Waals surface area contributed by atoms with Crippen molar-refractivity contribution < 1.29 is 9.21 Å². The Labute approximate surface area is 139 Å². The first-order valence-electron chi connectivity index (χ1n) is 7.53. The van der Waals surface area contributed by atoms with Gasteiger partial charge in [0.15, 0.2) is 5.76 Å². The van der Waals surface area contributed by atoms with Crippen LogP contribution in [0.4, 0.5) is 0 Å². The number of rotatable bonds is 5. The van der Waals surface area contributed by atoms with Crippen LogP contribution in [-0.4, -0.2) is 16.1 Å². The molecule has 1 unspecified atom stereocenters. The van der Waals surface area contributed by atoms with E-state index < -0.39 is 0 Å². The molecule has 1 aliphatic carbocycles. The van der Waals surface area contributed by atoms with Gasteiger partial charge in [0.25, 0.3) is 5.22 Å². The van der Waals surface area contributed by atoms with Crippen molar-refractivity contribution in [3.8, 4) is 11.3 Å². The topological polar surface area (TPSA) is 69.1 Å². The summed E-state index contributed by atoms with van der Waals surface area (Å²) in [5.41, 5.74) is 8.27. The number of thioether (sulfide) groups is 1. The molecule has 1 atom stereocenters. The molecule has 1 amide bonds. The second kappa shape index (κ2) is 6.87. The lowest BCUT2D eigenvalue weighted by atomic mass is 9.99. The van der Waals surface area contributed by atoms with E-state index in [0.717, 1.165) is 35.4 Å². The van der Waals surface area contributed by atoms with Crippen LogP contribution in [0, 0.1) is 0 Å². The van der Waals surface area contributed by atoms with Gasteiger partial charge in [0.2, 0.25) is 5.91 Å². The molecule has 0 bridgehead atoms. The van der Waals surface area contributed by atoms with Gasteiger partial charge in [0, 0.05) is 5.56 Å². The fourth-order valence-electron chi connectivity index (χ4n) is 2.36. The van der Waals surface area contributed by atoms with E-state index >= 15 is 0 Å². The molecule has 0 saturated heterocycles. The molecule has 1 aliphatic rings. The second-order valence-corrected chi connectivity index (χ2v) is 6.64. The van der Waals surface area contributed by atoms with Gasteiger partial charge in [0.1, 0.15) is 5.69 Å². The minimum atomic E-state index is -0.384. The van der Waals surface area contributed by atoms with E-state index in [0.29, 0.717) is 5.22 Å². The number of allylic oxidation sites excluding steroid dienone is 4. The van der Waals surface area contributed by atoms with Crippen molar-refractivity contribution in [2.45, 2.75) is 30.2 Å². The number of hydrogen-bond acceptors (Lipinski definition) is 4. The normalized spacial score (nSPS) is 15.3. The average molecular weight is 326 g/mol. The summed E-state index contributed by atoms with van der Waals surface area (Å²) in [6.07, 6.45) is 8.13. The summed E-state index contributed by atoms with van der Waals surface area (Å²) in [5, 5.41) is 0.0889. The lowest BCUT2D eigenvalue weighted by Crippen LogP contribution is -2.22. The van der Waals surface area contributed by atoms with Crippen LogP contribution < -0.4 is 5.73 Å². The number of primary amides is 1. The van der Waals surface area contributed by atoms with Crippen LogP contribution in [0.15, 0.2) is 58.2 Å². The number of aromatic nitrogens is 1. The van der Waals surface area contributed by atoms with E-state index in [1.165, 1.54) is 11.8 Å². The highest BCUT2D eigenvalue weighted by molar-refractivity contribution is 8.00. The van der Waals surface area contributed by atoms with Gasteiger partial charge in [-0.15, -0.1) is 0 Å². The Balaban J connectivity index is 2.02. The van der Waals surface area contributed by atoms with Crippen LogP contribution in [0.3, 0.4) is 0 Å². The van der Waals surface area contributed by atoms with Crippen molar-refractivity contribution in [3.05, 3.63) is 54.3 Å². The Morgan fingerprint density at radius 3 is 2.78 bits per heavy atom. The first-order valence-corrected chi connectivity index (χ1v) is 8.41. The van der Waals surface area contributed by atoms with Crippen molar-refractivity contribution in [1.29, 1.82) is 0 Å². The molecule has 1 aromatic heterocycles. The highest BCUT2D eigenvalue weighted by Gasteiger charge is 2.21. The minimum Gasteiger partial charge on any atom is -0.431 e. The molecule has 0 fully saturated rings. The third-order valence-electron chi connectivity index (χ3n) is 3.64. The Bertz CT molecular complexity index is 763. The van der Waals surface area contributed by atoms with E-state index in [2.05, 4.69) is 17.1 Å².